The zero-order chi connectivity index (χ0) is 12.2. The van der Waals surface area contributed by atoms with Crippen LogP contribution in [-0.2, 0) is 0 Å². The fourth-order valence-corrected chi connectivity index (χ4v) is 1.69. The van der Waals surface area contributed by atoms with Crippen molar-refractivity contribution in [1.82, 2.24) is 15.5 Å². The van der Waals surface area contributed by atoms with E-state index in [0.29, 0.717) is 16.7 Å². The van der Waals surface area contributed by atoms with Crippen LogP contribution in [0, 0.1) is 5.41 Å². The van der Waals surface area contributed by atoms with E-state index >= 15 is 0 Å². The molecule has 2 N–H and O–H groups in total. The van der Waals surface area contributed by atoms with Crippen LogP contribution in [0.25, 0.3) is 0 Å². The average Bonchev–Trinajstić information content (AvgIpc) is 2.62. The molecule has 1 rings (SSSR count). The average molecular weight is 242 g/mol. The Bertz CT molecular complexity index is 356. The van der Waals surface area contributed by atoms with E-state index in [9.17, 15) is 4.79 Å². The van der Waals surface area contributed by atoms with E-state index in [-0.39, 0.29) is 11.3 Å². The molecule has 0 fully saturated rings. The van der Waals surface area contributed by atoms with Gasteiger partial charge in [0.15, 0.2) is 0 Å². The molecule has 90 valence electrons. The second kappa shape index (κ2) is 5.25. The quantitative estimate of drug-likeness (QED) is 0.844. The van der Waals surface area contributed by atoms with Crippen molar-refractivity contribution in [2.45, 2.75) is 27.7 Å². The molecule has 6 heteroatoms. The predicted molar refractivity (Wildman–Crippen MR) is 65.9 cm³/mol. The maximum atomic E-state index is 11.7. The maximum Gasteiger partial charge on any atom is 0.282 e. The highest BCUT2D eigenvalue weighted by molar-refractivity contribution is 7.17. The van der Waals surface area contributed by atoms with Gasteiger partial charge in [0, 0.05) is 13.1 Å². The molecule has 16 heavy (non-hydrogen) atoms. The van der Waals surface area contributed by atoms with E-state index in [4.69, 9.17) is 0 Å². The Morgan fingerprint density at radius 3 is 2.62 bits per heavy atom. The van der Waals surface area contributed by atoms with Crippen LogP contribution in [0.1, 0.15) is 37.5 Å². The largest absolute Gasteiger partial charge is 0.360 e. The van der Waals surface area contributed by atoms with Crippen LogP contribution in [0.2, 0.25) is 0 Å². The van der Waals surface area contributed by atoms with Crippen LogP contribution < -0.4 is 10.6 Å². The molecule has 0 aliphatic rings. The van der Waals surface area contributed by atoms with Crippen molar-refractivity contribution < 1.29 is 4.79 Å². The van der Waals surface area contributed by atoms with Crippen LogP contribution in [0.5, 0.6) is 0 Å². The van der Waals surface area contributed by atoms with E-state index in [2.05, 4.69) is 41.6 Å². The highest BCUT2D eigenvalue weighted by Crippen LogP contribution is 2.15. The summed E-state index contributed by atoms with van der Waals surface area (Å²) in [5, 5.41) is 14.6. The number of nitrogens with one attached hydrogen (secondary N) is 2. The zero-order valence-electron chi connectivity index (χ0n) is 10.1. The van der Waals surface area contributed by atoms with Gasteiger partial charge in [0.25, 0.3) is 5.91 Å². The topological polar surface area (TPSA) is 66.9 Å². The molecule has 0 bridgehead atoms. The summed E-state index contributed by atoms with van der Waals surface area (Å²) in [6.07, 6.45) is 0. The monoisotopic (exact) mass is 242 g/mol. The summed E-state index contributed by atoms with van der Waals surface area (Å²) in [6.45, 7) is 9.58. The number of aromatic nitrogens is 2. The smallest absolute Gasteiger partial charge is 0.282 e. The van der Waals surface area contributed by atoms with Gasteiger partial charge in [0.1, 0.15) is 0 Å². The first-order valence-electron chi connectivity index (χ1n) is 5.28. The zero-order valence-corrected chi connectivity index (χ0v) is 10.9. The summed E-state index contributed by atoms with van der Waals surface area (Å²) in [5.74, 6) is -0.156. The highest BCUT2D eigenvalue weighted by atomic mass is 32.1. The van der Waals surface area contributed by atoms with E-state index in [1.165, 1.54) is 11.3 Å². The van der Waals surface area contributed by atoms with Gasteiger partial charge in [-0.3, -0.25) is 4.79 Å². The van der Waals surface area contributed by atoms with Gasteiger partial charge in [-0.2, -0.15) is 0 Å². The number of hydrogen-bond donors (Lipinski definition) is 2. The van der Waals surface area contributed by atoms with Crippen LogP contribution in [0.4, 0.5) is 5.13 Å². The molecular weight excluding hydrogens is 224 g/mol. The Balaban J connectivity index is 2.53. The van der Waals surface area contributed by atoms with Crippen molar-refractivity contribution in [2.24, 2.45) is 5.41 Å². The molecule has 1 aromatic heterocycles. The molecule has 0 saturated heterocycles. The van der Waals surface area contributed by atoms with Crippen molar-refractivity contribution in [3.8, 4) is 0 Å². The van der Waals surface area contributed by atoms with Gasteiger partial charge < -0.3 is 10.6 Å². The van der Waals surface area contributed by atoms with Gasteiger partial charge in [-0.15, -0.1) is 10.2 Å². The number of rotatable bonds is 4. The van der Waals surface area contributed by atoms with Crippen LogP contribution in [0.15, 0.2) is 0 Å². The molecule has 1 aromatic rings. The summed E-state index contributed by atoms with van der Waals surface area (Å²) in [6, 6.07) is 0. The first-order valence-corrected chi connectivity index (χ1v) is 6.09. The Labute approximate surface area is 99.7 Å². The summed E-state index contributed by atoms with van der Waals surface area (Å²) in [5.41, 5.74) is 0.0743. The molecular formula is C10H18N4OS. The minimum atomic E-state index is -0.156. The lowest BCUT2D eigenvalue weighted by atomic mass is 9.97. The van der Waals surface area contributed by atoms with E-state index < -0.39 is 0 Å². The van der Waals surface area contributed by atoms with E-state index in [1.807, 2.05) is 6.92 Å². The maximum absolute atomic E-state index is 11.7. The Hall–Kier alpha value is -1.17. The molecule has 1 amide bonds. The number of nitrogens with zero attached hydrogens (tertiary/aromatic N) is 2. The minimum absolute atomic E-state index is 0.0743. The van der Waals surface area contributed by atoms with Gasteiger partial charge in [-0.25, -0.2) is 0 Å². The first-order chi connectivity index (χ1) is 7.42. The molecule has 0 atom stereocenters. The van der Waals surface area contributed by atoms with Crippen LogP contribution >= 0.6 is 11.3 Å². The third-order valence-electron chi connectivity index (χ3n) is 1.73. The van der Waals surface area contributed by atoms with Crippen molar-refractivity contribution in [1.29, 1.82) is 0 Å². The number of anilines is 1. The summed E-state index contributed by atoms with van der Waals surface area (Å²) >= 11 is 1.27. The minimum Gasteiger partial charge on any atom is -0.360 e. The normalized spacial score (nSPS) is 11.2. The van der Waals surface area contributed by atoms with Gasteiger partial charge >= 0.3 is 0 Å². The summed E-state index contributed by atoms with van der Waals surface area (Å²) in [4.78, 5) is 11.7. The van der Waals surface area contributed by atoms with Gasteiger partial charge in [0.05, 0.1) is 0 Å². The second-order valence-corrected chi connectivity index (χ2v) is 5.66. The molecule has 0 aromatic carbocycles. The third-order valence-corrected chi connectivity index (χ3v) is 2.61. The Morgan fingerprint density at radius 1 is 1.38 bits per heavy atom. The van der Waals surface area contributed by atoms with Crippen LogP contribution in [0.3, 0.4) is 0 Å². The lowest BCUT2D eigenvalue weighted by Crippen LogP contribution is -2.32. The summed E-state index contributed by atoms with van der Waals surface area (Å²) < 4.78 is 0. The molecule has 0 saturated carbocycles. The van der Waals surface area contributed by atoms with Gasteiger partial charge in [-0.05, 0) is 12.3 Å². The number of amides is 1. The van der Waals surface area contributed by atoms with Crippen molar-refractivity contribution >= 4 is 22.4 Å². The first kappa shape index (κ1) is 12.9. The van der Waals surface area contributed by atoms with Gasteiger partial charge in [0.2, 0.25) is 10.1 Å². The molecule has 5 nitrogen and oxygen atoms in total. The lowest BCUT2D eigenvalue weighted by Gasteiger charge is -2.17. The van der Waals surface area contributed by atoms with Crippen LogP contribution in [-0.4, -0.2) is 29.2 Å². The predicted octanol–water partition coefficient (Wildman–Crippen LogP) is 1.75. The lowest BCUT2D eigenvalue weighted by molar-refractivity contribution is 0.0938. The van der Waals surface area contributed by atoms with Crippen molar-refractivity contribution in [2.75, 3.05) is 18.4 Å². The molecule has 0 spiro atoms. The highest BCUT2D eigenvalue weighted by Gasteiger charge is 2.16. The molecule has 0 unspecified atom stereocenters. The number of carbonyl (C=O) groups is 1. The SMILES string of the molecule is CCNc1nnc(C(=O)NCC(C)(C)C)s1. The fraction of sp³-hybridized carbons (Fsp3) is 0.700. The molecule has 1 heterocycles. The van der Waals surface area contributed by atoms with Gasteiger partial charge in [-0.1, -0.05) is 32.1 Å². The molecule has 0 aliphatic carbocycles. The summed E-state index contributed by atoms with van der Waals surface area (Å²) in [7, 11) is 0. The third kappa shape index (κ3) is 4.14. The fourth-order valence-electron chi connectivity index (χ4n) is 0.959. The standard InChI is InChI=1S/C10H18N4OS/c1-5-11-9-14-13-8(16-9)7(15)12-6-10(2,3)4/h5-6H2,1-4H3,(H,11,14)(H,12,15). The Kier molecular flexibility index (Phi) is 4.23. The van der Waals surface area contributed by atoms with E-state index in [1.54, 1.807) is 0 Å². The molecule has 0 aliphatic heterocycles. The van der Waals surface area contributed by atoms with Crippen molar-refractivity contribution in [3.05, 3.63) is 5.01 Å². The second-order valence-electron chi connectivity index (χ2n) is 4.69. The number of carbonyl (C=O) groups excluding carboxylic acids is 1. The Morgan fingerprint density at radius 2 is 2.06 bits per heavy atom. The molecule has 0 radical (unpaired) electrons. The van der Waals surface area contributed by atoms with E-state index in [0.717, 1.165) is 6.54 Å². The number of hydrogen-bond acceptors (Lipinski definition) is 5. The van der Waals surface area contributed by atoms with Crippen molar-refractivity contribution in [3.63, 3.8) is 0 Å².